The minimum Gasteiger partial charge on any atom is -0.486 e. The van der Waals surface area contributed by atoms with Crippen molar-refractivity contribution >= 4 is 16.8 Å². The number of ether oxygens (including phenoxy) is 2. The number of fused-ring (bicyclic) bond motifs is 2. The number of aryl methyl sites for hydroxylation is 1. The largest absolute Gasteiger partial charge is 0.486 e. The van der Waals surface area contributed by atoms with Crippen molar-refractivity contribution in [1.29, 1.82) is 0 Å². The van der Waals surface area contributed by atoms with Crippen LogP contribution in [0, 0.1) is 0 Å². The van der Waals surface area contributed by atoms with E-state index >= 15 is 0 Å². The van der Waals surface area contributed by atoms with Gasteiger partial charge in [-0.3, -0.25) is 4.79 Å². The molecule has 128 valence electrons. The van der Waals surface area contributed by atoms with Gasteiger partial charge in [0.15, 0.2) is 11.5 Å². The van der Waals surface area contributed by atoms with Gasteiger partial charge in [-0.05, 0) is 30.7 Å². The third kappa shape index (κ3) is 2.82. The van der Waals surface area contributed by atoms with Crippen LogP contribution < -0.4 is 14.8 Å². The fourth-order valence-electron chi connectivity index (χ4n) is 3.21. The maximum Gasteiger partial charge on any atom is 0.253 e. The molecule has 5 heteroatoms. The van der Waals surface area contributed by atoms with E-state index in [9.17, 15) is 4.79 Å². The van der Waals surface area contributed by atoms with Crippen molar-refractivity contribution in [1.82, 2.24) is 9.88 Å². The van der Waals surface area contributed by atoms with Crippen LogP contribution in [-0.2, 0) is 7.05 Å². The summed E-state index contributed by atoms with van der Waals surface area (Å²) in [6.07, 6.45) is 1.87. The Morgan fingerprint density at radius 1 is 1.12 bits per heavy atom. The Labute approximate surface area is 146 Å². The van der Waals surface area contributed by atoms with E-state index in [1.807, 2.05) is 67.2 Å². The zero-order valence-electron chi connectivity index (χ0n) is 14.3. The monoisotopic (exact) mass is 336 g/mol. The number of benzene rings is 2. The van der Waals surface area contributed by atoms with Crippen LogP contribution in [0.1, 0.15) is 28.9 Å². The molecule has 0 saturated carbocycles. The number of nitrogens with zero attached hydrogens (tertiary/aromatic N) is 1. The molecule has 1 aliphatic rings. The fraction of sp³-hybridized carbons (Fsp3) is 0.250. The van der Waals surface area contributed by atoms with E-state index < -0.39 is 0 Å². The van der Waals surface area contributed by atoms with Crippen molar-refractivity contribution in [3.63, 3.8) is 0 Å². The number of hydrogen-bond donors (Lipinski definition) is 1. The van der Waals surface area contributed by atoms with Gasteiger partial charge < -0.3 is 19.4 Å². The highest BCUT2D eigenvalue weighted by Gasteiger charge is 2.18. The van der Waals surface area contributed by atoms with Crippen LogP contribution in [0.3, 0.4) is 0 Å². The van der Waals surface area contributed by atoms with E-state index in [2.05, 4.69) is 5.32 Å². The van der Waals surface area contributed by atoms with Crippen molar-refractivity contribution < 1.29 is 14.3 Å². The molecule has 0 spiro atoms. The Kier molecular flexibility index (Phi) is 3.84. The summed E-state index contributed by atoms with van der Waals surface area (Å²) in [5.41, 5.74) is 2.71. The molecule has 0 aliphatic carbocycles. The lowest BCUT2D eigenvalue weighted by molar-refractivity contribution is 0.0941. The highest BCUT2D eigenvalue weighted by Crippen LogP contribution is 2.32. The van der Waals surface area contributed by atoms with Gasteiger partial charge in [0.2, 0.25) is 0 Å². The van der Waals surface area contributed by atoms with Gasteiger partial charge in [-0.2, -0.15) is 0 Å². The lowest BCUT2D eigenvalue weighted by Crippen LogP contribution is -2.26. The van der Waals surface area contributed by atoms with Crippen molar-refractivity contribution in [2.75, 3.05) is 13.2 Å². The first kappa shape index (κ1) is 15.6. The van der Waals surface area contributed by atoms with E-state index in [-0.39, 0.29) is 11.9 Å². The smallest absolute Gasteiger partial charge is 0.253 e. The quantitative estimate of drug-likeness (QED) is 0.797. The van der Waals surface area contributed by atoms with E-state index in [0.29, 0.717) is 18.8 Å². The van der Waals surface area contributed by atoms with Crippen molar-refractivity contribution in [3.05, 3.63) is 59.8 Å². The average Bonchev–Trinajstić information content (AvgIpc) is 2.98. The molecule has 5 nitrogen and oxygen atoms in total. The topological polar surface area (TPSA) is 52.5 Å². The molecule has 0 bridgehead atoms. The van der Waals surface area contributed by atoms with Crippen LogP contribution in [0.4, 0.5) is 0 Å². The molecule has 1 aromatic heterocycles. The second kappa shape index (κ2) is 6.16. The Morgan fingerprint density at radius 2 is 1.88 bits per heavy atom. The minimum atomic E-state index is -0.137. The van der Waals surface area contributed by atoms with Gasteiger partial charge in [0.05, 0.1) is 11.6 Å². The van der Waals surface area contributed by atoms with Gasteiger partial charge in [-0.15, -0.1) is 0 Å². The molecule has 1 N–H and O–H groups in total. The molecule has 0 fully saturated rings. The van der Waals surface area contributed by atoms with Crippen LogP contribution in [0.5, 0.6) is 11.5 Å². The summed E-state index contributed by atoms with van der Waals surface area (Å²) in [5, 5.41) is 4.03. The first-order valence-corrected chi connectivity index (χ1v) is 8.38. The van der Waals surface area contributed by atoms with Crippen molar-refractivity contribution in [2.45, 2.75) is 13.0 Å². The summed E-state index contributed by atoms with van der Waals surface area (Å²) in [4.78, 5) is 12.8. The van der Waals surface area contributed by atoms with E-state index in [1.54, 1.807) is 0 Å². The zero-order chi connectivity index (χ0) is 17.4. The Hall–Kier alpha value is -2.95. The van der Waals surface area contributed by atoms with Gasteiger partial charge in [0, 0.05) is 24.1 Å². The molecule has 1 aliphatic heterocycles. The molecule has 25 heavy (non-hydrogen) atoms. The standard InChI is InChI=1S/C20H20N2O3/c1-13(14-7-8-18-19(11-14)25-10-9-24-18)21-20(23)16-12-22(2)17-6-4-3-5-15(16)17/h3-8,11-13H,9-10H2,1-2H3,(H,21,23)/t13-/m0/s1. The van der Waals surface area contributed by atoms with Gasteiger partial charge in [0.1, 0.15) is 13.2 Å². The molecule has 0 saturated heterocycles. The van der Waals surface area contributed by atoms with Gasteiger partial charge >= 0.3 is 0 Å². The summed E-state index contributed by atoms with van der Waals surface area (Å²) >= 11 is 0. The maximum atomic E-state index is 12.8. The van der Waals surface area contributed by atoms with Crippen LogP contribution in [0.2, 0.25) is 0 Å². The highest BCUT2D eigenvalue weighted by molar-refractivity contribution is 6.07. The Morgan fingerprint density at radius 3 is 2.72 bits per heavy atom. The summed E-state index contributed by atoms with van der Waals surface area (Å²) in [7, 11) is 1.95. The van der Waals surface area contributed by atoms with E-state index in [4.69, 9.17) is 9.47 Å². The van der Waals surface area contributed by atoms with Crippen LogP contribution >= 0.6 is 0 Å². The summed E-state index contributed by atoms with van der Waals surface area (Å²) in [6.45, 7) is 3.08. The lowest BCUT2D eigenvalue weighted by Gasteiger charge is -2.21. The highest BCUT2D eigenvalue weighted by atomic mass is 16.6. The predicted molar refractivity (Wildman–Crippen MR) is 96.2 cm³/mol. The summed E-state index contributed by atoms with van der Waals surface area (Å²) in [6, 6.07) is 13.6. The van der Waals surface area contributed by atoms with Crippen molar-refractivity contribution in [3.8, 4) is 11.5 Å². The molecule has 3 aromatic rings. The minimum absolute atomic E-state index is 0.0841. The average molecular weight is 336 g/mol. The molecule has 2 heterocycles. The first-order valence-electron chi connectivity index (χ1n) is 8.38. The summed E-state index contributed by atoms with van der Waals surface area (Å²) < 4.78 is 13.1. The zero-order valence-corrected chi connectivity index (χ0v) is 14.3. The second-order valence-corrected chi connectivity index (χ2v) is 6.27. The van der Waals surface area contributed by atoms with Gasteiger partial charge in [-0.1, -0.05) is 24.3 Å². The molecule has 1 atom stereocenters. The molecular formula is C20H20N2O3. The fourth-order valence-corrected chi connectivity index (χ4v) is 3.21. The number of nitrogens with one attached hydrogen (secondary N) is 1. The normalized spacial score (nSPS) is 14.3. The number of carbonyl (C=O) groups excluding carboxylic acids is 1. The van der Waals surface area contributed by atoms with Gasteiger partial charge in [0.25, 0.3) is 5.91 Å². The molecule has 0 radical (unpaired) electrons. The predicted octanol–water partition coefficient (Wildman–Crippen LogP) is 3.44. The second-order valence-electron chi connectivity index (χ2n) is 6.27. The lowest BCUT2D eigenvalue weighted by atomic mass is 10.1. The SMILES string of the molecule is C[C@H](NC(=O)c1cn(C)c2ccccc12)c1ccc2c(c1)OCCO2. The molecule has 1 amide bonds. The molecule has 2 aromatic carbocycles. The number of carbonyl (C=O) groups is 1. The number of rotatable bonds is 3. The Balaban J connectivity index is 1.58. The number of para-hydroxylation sites is 1. The summed E-state index contributed by atoms with van der Waals surface area (Å²) in [5.74, 6) is 1.40. The van der Waals surface area contributed by atoms with Crippen LogP contribution in [-0.4, -0.2) is 23.7 Å². The molecular weight excluding hydrogens is 316 g/mol. The Bertz CT molecular complexity index is 945. The van der Waals surface area contributed by atoms with E-state index in [1.165, 1.54) is 0 Å². The number of amides is 1. The first-order chi connectivity index (χ1) is 12.1. The number of hydrogen-bond acceptors (Lipinski definition) is 3. The van der Waals surface area contributed by atoms with Crippen LogP contribution in [0.15, 0.2) is 48.7 Å². The maximum absolute atomic E-state index is 12.8. The van der Waals surface area contributed by atoms with Crippen LogP contribution in [0.25, 0.3) is 10.9 Å². The van der Waals surface area contributed by atoms with E-state index in [0.717, 1.165) is 28.0 Å². The molecule has 4 rings (SSSR count). The third-order valence-electron chi connectivity index (χ3n) is 4.56. The number of aromatic nitrogens is 1. The van der Waals surface area contributed by atoms with Gasteiger partial charge in [-0.25, -0.2) is 0 Å². The van der Waals surface area contributed by atoms with Crippen molar-refractivity contribution in [2.24, 2.45) is 7.05 Å². The molecule has 0 unspecified atom stereocenters. The third-order valence-corrected chi connectivity index (χ3v) is 4.56.